The Hall–Kier alpha value is 0. The lowest BCUT2D eigenvalue weighted by Crippen LogP contribution is -1.93. The molecule has 2 unspecified atom stereocenters. The molecule has 2 atom stereocenters. The van der Waals surface area contributed by atoms with Crippen LogP contribution in [-0.4, -0.2) is 0 Å². The van der Waals surface area contributed by atoms with Crippen LogP contribution in [0.3, 0.4) is 0 Å². The zero-order valence-corrected chi connectivity index (χ0v) is 6.07. The normalized spacial score (nSPS) is 44.6. The molecule has 0 spiro atoms. The minimum absolute atomic E-state index is 0.703. The first-order valence-electron chi connectivity index (χ1n) is 3.52. The fourth-order valence-electron chi connectivity index (χ4n) is 1.37. The molecule has 0 N–H and O–H groups in total. The Bertz CT molecular complexity index is 86.0. The van der Waals surface area contributed by atoms with Gasteiger partial charge in [-0.3, -0.25) is 0 Å². The molecule has 48 valence electrons. The van der Waals surface area contributed by atoms with Gasteiger partial charge < -0.3 is 6.42 Å². The fraction of sp³-hybridized carbons (Fsp3) is 0.875. The molecule has 1 saturated carbocycles. The number of hydrogen-bond donors (Lipinski definition) is 0. The van der Waals surface area contributed by atoms with Crippen LogP contribution in [0.1, 0.15) is 33.6 Å². The fourth-order valence-corrected chi connectivity index (χ4v) is 1.37. The molecule has 1 fully saturated rings. The van der Waals surface area contributed by atoms with Gasteiger partial charge in [0.2, 0.25) is 0 Å². The summed E-state index contributed by atoms with van der Waals surface area (Å²) in [7, 11) is 0. The topological polar surface area (TPSA) is 0 Å². The SMILES string of the molecule is C[CH-]C1CC1(C)CC. The second kappa shape index (κ2) is 1.75. The monoisotopic (exact) mass is 111 g/mol. The van der Waals surface area contributed by atoms with E-state index < -0.39 is 0 Å². The Morgan fingerprint density at radius 1 is 1.75 bits per heavy atom. The zero-order chi connectivity index (χ0) is 6.20. The van der Waals surface area contributed by atoms with Crippen molar-refractivity contribution in [1.82, 2.24) is 0 Å². The van der Waals surface area contributed by atoms with E-state index in [1.165, 1.54) is 12.8 Å². The first-order chi connectivity index (χ1) is 3.73. The molecule has 8 heavy (non-hydrogen) atoms. The van der Waals surface area contributed by atoms with E-state index in [9.17, 15) is 0 Å². The molecule has 0 saturated heterocycles. The average molecular weight is 111 g/mol. The van der Waals surface area contributed by atoms with Crippen LogP contribution in [0.15, 0.2) is 0 Å². The van der Waals surface area contributed by atoms with Crippen molar-refractivity contribution in [1.29, 1.82) is 0 Å². The summed E-state index contributed by atoms with van der Waals surface area (Å²) in [4.78, 5) is 0. The maximum Gasteiger partial charge on any atom is -0.0530 e. The second-order valence-corrected chi connectivity index (χ2v) is 3.15. The highest BCUT2D eigenvalue weighted by molar-refractivity contribution is 5.03. The maximum atomic E-state index is 2.37. The van der Waals surface area contributed by atoms with E-state index in [2.05, 4.69) is 27.2 Å². The van der Waals surface area contributed by atoms with Crippen molar-refractivity contribution >= 4 is 0 Å². The summed E-state index contributed by atoms with van der Waals surface area (Å²) in [5.41, 5.74) is 0.703. The van der Waals surface area contributed by atoms with Crippen LogP contribution in [-0.2, 0) is 0 Å². The molecular weight excluding hydrogens is 96.1 g/mol. The summed E-state index contributed by atoms with van der Waals surface area (Å²) >= 11 is 0. The van der Waals surface area contributed by atoms with Crippen molar-refractivity contribution in [3.8, 4) is 0 Å². The standard InChI is InChI=1S/C8H15/c1-4-7-6-8(7,3)5-2/h4,7H,5-6H2,1-3H3/q-1. The molecule has 0 heterocycles. The van der Waals surface area contributed by atoms with Crippen molar-refractivity contribution in [2.75, 3.05) is 0 Å². The largest absolute Gasteiger partial charge is 0.328 e. The Balaban J connectivity index is 2.31. The number of rotatable bonds is 2. The third kappa shape index (κ3) is 0.765. The predicted octanol–water partition coefficient (Wildman–Crippen LogP) is 2.65. The highest BCUT2D eigenvalue weighted by Gasteiger charge is 2.40. The van der Waals surface area contributed by atoms with Gasteiger partial charge in [-0.2, -0.15) is 12.8 Å². The van der Waals surface area contributed by atoms with Crippen molar-refractivity contribution in [2.45, 2.75) is 33.6 Å². The molecular formula is C8H15-. The predicted molar refractivity (Wildman–Crippen MR) is 36.5 cm³/mol. The van der Waals surface area contributed by atoms with Gasteiger partial charge in [-0.15, -0.1) is 0 Å². The van der Waals surface area contributed by atoms with Gasteiger partial charge in [-0.25, -0.2) is 0 Å². The highest BCUT2D eigenvalue weighted by atomic mass is 14.5. The summed E-state index contributed by atoms with van der Waals surface area (Å²) in [5.74, 6) is 0.937. The Morgan fingerprint density at radius 2 is 2.38 bits per heavy atom. The first-order valence-corrected chi connectivity index (χ1v) is 3.52. The Labute approximate surface area is 52.3 Å². The molecule has 0 aliphatic heterocycles. The van der Waals surface area contributed by atoms with E-state index in [0.29, 0.717) is 5.41 Å². The van der Waals surface area contributed by atoms with Crippen molar-refractivity contribution in [3.05, 3.63) is 6.42 Å². The molecule has 0 heteroatoms. The third-order valence-electron chi connectivity index (χ3n) is 2.63. The van der Waals surface area contributed by atoms with Gasteiger partial charge in [0, 0.05) is 0 Å². The van der Waals surface area contributed by atoms with Crippen LogP contribution in [0.25, 0.3) is 0 Å². The summed E-state index contributed by atoms with van der Waals surface area (Å²) in [6.45, 7) is 6.83. The van der Waals surface area contributed by atoms with Crippen LogP contribution in [0, 0.1) is 17.8 Å². The lowest BCUT2D eigenvalue weighted by Gasteiger charge is -2.09. The summed E-state index contributed by atoms with van der Waals surface area (Å²) in [5, 5.41) is 0. The first kappa shape index (κ1) is 6.12. The van der Waals surface area contributed by atoms with Crippen molar-refractivity contribution < 1.29 is 0 Å². The van der Waals surface area contributed by atoms with E-state index in [0.717, 1.165) is 5.92 Å². The van der Waals surface area contributed by atoms with E-state index >= 15 is 0 Å². The summed E-state index contributed by atoms with van der Waals surface area (Å²) < 4.78 is 0. The van der Waals surface area contributed by atoms with Crippen LogP contribution in [0.5, 0.6) is 0 Å². The van der Waals surface area contributed by atoms with Gasteiger partial charge in [-0.05, 0) is 0 Å². The Morgan fingerprint density at radius 3 is 2.50 bits per heavy atom. The van der Waals surface area contributed by atoms with E-state index in [1.807, 2.05) is 0 Å². The van der Waals surface area contributed by atoms with Gasteiger partial charge in [-0.1, -0.05) is 32.1 Å². The molecule has 0 amide bonds. The molecule has 1 aliphatic carbocycles. The van der Waals surface area contributed by atoms with Crippen LogP contribution in [0.2, 0.25) is 0 Å². The van der Waals surface area contributed by atoms with Crippen LogP contribution in [0.4, 0.5) is 0 Å². The van der Waals surface area contributed by atoms with Crippen LogP contribution < -0.4 is 0 Å². The highest BCUT2D eigenvalue weighted by Crippen LogP contribution is 2.55. The van der Waals surface area contributed by atoms with Crippen molar-refractivity contribution in [2.24, 2.45) is 11.3 Å². The average Bonchev–Trinajstić information content (AvgIpc) is 2.44. The second-order valence-electron chi connectivity index (χ2n) is 3.15. The van der Waals surface area contributed by atoms with Gasteiger partial charge >= 0.3 is 0 Å². The van der Waals surface area contributed by atoms with Gasteiger partial charge in [0.1, 0.15) is 0 Å². The smallest absolute Gasteiger partial charge is 0.0530 e. The quantitative estimate of drug-likeness (QED) is 0.480. The van der Waals surface area contributed by atoms with Crippen LogP contribution >= 0.6 is 0 Å². The lowest BCUT2D eigenvalue weighted by atomic mass is 10.0. The molecule has 0 bridgehead atoms. The zero-order valence-electron chi connectivity index (χ0n) is 6.07. The molecule has 1 aliphatic rings. The maximum absolute atomic E-state index is 2.37. The van der Waals surface area contributed by atoms with Crippen molar-refractivity contribution in [3.63, 3.8) is 0 Å². The molecule has 0 nitrogen and oxygen atoms in total. The molecule has 0 aromatic rings. The van der Waals surface area contributed by atoms with Gasteiger partial charge in [0.05, 0.1) is 0 Å². The van der Waals surface area contributed by atoms with Gasteiger partial charge in [0.25, 0.3) is 0 Å². The minimum atomic E-state index is 0.703. The minimum Gasteiger partial charge on any atom is -0.328 e. The Kier molecular flexibility index (Phi) is 1.34. The summed E-state index contributed by atoms with van der Waals surface area (Å²) in [6.07, 6.45) is 5.12. The van der Waals surface area contributed by atoms with E-state index in [4.69, 9.17) is 0 Å². The molecule has 0 radical (unpaired) electrons. The molecule has 0 aromatic carbocycles. The van der Waals surface area contributed by atoms with Gasteiger partial charge in [0.15, 0.2) is 0 Å². The third-order valence-corrected chi connectivity index (χ3v) is 2.63. The lowest BCUT2D eigenvalue weighted by molar-refractivity contribution is 0.508. The summed E-state index contributed by atoms with van der Waals surface area (Å²) in [6, 6.07) is 0. The van der Waals surface area contributed by atoms with E-state index in [1.54, 1.807) is 0 Å². The number of hydrogen-bond acceptors (Lipinski definition) is 0. The molecule has 1 rings (SSSR count). The molecule has 0 aromatic heterocycles. The van der Waals surface area contributed by atoms with E-state index in [-0.39, 0.29) is 0 Å².